The molecule has 0 aliphatic rings. The van der Waals surface area contributed by atoms with Crippen LogP contribution in [0.15, 0.2) is 0 Å². The lowest BCUT2D eigenvalue weighted by Gasteiger charge is -2.08. The van der Waals surface area contributed by atoms with Gasteiger partial charge in [0.25, 0.3) is 0 Å². The first-order chi connectivity index (χ1) is 10.8. The van der Waals surface area contributed by atoms with Crippen molar-refractivity contribution in [1.29, 1.82) is 0 Å². The number of hydrogen-bond acceptors (Lipinski definition) is 7. The van der Waals surface area contributed by atoms with Crippen LogP contribution in [0, 0.1) is 0 Å². The van der Waals surface area contributed by atoms with Crippen molar-refractivity contribution in [2.45, 2.75) is 26.7 Å². The summed E-state index contributed by atoms with van der Waals surface area (Å²) >= 11 is 0. The van der Waals surface area contributed by atoms with Gasteiger partial charge in [0.15, 0.2) is 0 Å². The normalized spacial score (nSPS) is 10.6. The maximum Gasteiger partial charge on any atom is 0.508 e. The smallest absolute Gasteiger partial charge is 0.432 e. The highest BCUT2D eigenvalue weighted by molar-refractivity contribution is 5.59. The molecule has 0 saturated heterocycles. The Labute approximate surface area is 133 Å². The lowest BCUT2D eigenvalue weighted by molar-refractivity contribution is -0.00757. The molecule has 0 atom stereocenters. The summed E-state index contributed by atoms with van der Waals surface area (Å²) in [6.45, 7) is 8.56. The van der Waals surface area contributed by atoms with Crippen LogP contribution in [0.3, 0.4) is 0 Å². The SMILES string of the molecule is CCCCOCCOCCOCCOC(=O)OCCOCC. The molecule has 0 unspecified atom stereocenters. The number of hydrogen-bond donors (Lipinski definition) is 0. The quantitative estimate of drug-likeness (QED) is 0.318. The van der Waals surface area contributed by atoms with Crippen molar-refractivity contribution in [3.63, 3.8) is 0 Å². The highest BCUT2D eigenvalue weighted by Crippen LogP contribution is 1.89. The molecule has 22 heavy (non-hydrogen) atoms. The van der Waals surface area contributed by atoms with E-state index >= 15 is 0 Å². The van der Waals surface area contributed by atoms with E-state index < -0.39 is 6.16 Å². The molecule has 7 nitrogen and oxygen atoms in total. The van der Waals surface area contributed by atoms with Crippen LogP contribution in [0.5, 0.6) is 0 Å². The van der Waals surface area contributed by atoms with Crippen molar-refractivity contribution in [3.05, 3.63) is 0 Å². The molecule has 0 aliphatic carbocycles. The minimum atomic E-state index is -0.705. The van der Waals surface area contributed by atoms with Gasteiger partial charge in [-0.05, 0) is 13.3 Å². The van der Waals surface area contributed by atoms with E-state index in [0.29, 0.717) is 46.2 Å². The molecule has 132 valence electrons. The van der Waals surface area contributed by atoms with E-state index in [2.05, 4.69) is 6.92 Å². The lowest BCUT2D eigenvalue weighted by atomic mass is 10.4. The molecule has 0 aliphatic heterocycles. The van der Waals surface area contributed by atoms with Gasteiger partial charge < -0.3 is 28.4 Å². The molecule has 0 bridgehead atoms. The molecule has 0 fully saturated rings. The van der Waals surface area contributed by atoms with Crippen LogP contribution >= 0.6 is 0 Å². The van der Waals surface area contributed by atoms with E-state index in [1.165, 1.54) is 0 Å². The van der Waals surface area contributed by atoms with E-state index in [1.807, 2.05) is 6.92 Å². The van der Waals surface area contributed by atoms with Gasteiger partial charge in [-0.25, -0.2) is 4.79 Å². The summed E-state index contributed by atoms with van der Waals surface area (Å²) < 4.78 is 30.5. The number of unbranched alkanes of at least 4 members (excludes halogenated alkanes) is 1. The zero-order chi connectivity index (χ0) is 16.3. The molecule has 0 aromatic rings. The summed E-state index contributed by atoms with van der Waals surface area (Å²) in [5.41, 5.74) is 0. The van der Waals surface area contributed by atoms with Crippen molar-refractivity contribution in [1.82, 2.24) is 0 Å². The molecule has 7 heteroatoms. The Kier molecular flexibility index (Phi) is 17.4. The van der Waals surface area contributed by atoms with Crippen molar-refractivity contribution in [2.24, 2.45) is 0 Å². The maximum atomic E-state index is 11.1. The van der Waals surface area contributed by atoms with Crippen LogP contribution in [0.2, 0.25) is 0 Å². The summed E-state index contributed by atoms with van der Waals surface area (Å²) in [5.74, 6) is 0. The van der Waals surface area contributed by atoms with E-state index in [9.17, 15) is 4.79 Å². The first-order valence-electron chi connectivity index (χ1n) is 7.91. The third-order valence-corrected chi connectivity index (χ3v) is 2.49. The van der Waals surface area contributed by atoms with Gasteiger partial charge in [0, 0.05) is 13.2 Å². The van der Waals surface area contributed by atoms with Crippen LogP contribution < -0.4 is 0 Å². The Balaban J connectivity index is 3.08. The standard InChI is InChI=1S/C15H30O7/c1-3-5-6-18-7-8-19-9-10-20-12-14-22-15(16)21-13-11-17-4-2/h3-14H2,1-2H3. The lowest BCUT2D eigenvalue weighted by Crippen LogP contribution is -2.16. The van der Waals surface area contributed by atoms with E-state index in [-0.39, 0.29) is 13.2 Å². The Bertz CT molecular complexity index is 236. The van der Waals surface area contributed by atoms with E-state index in [1.54, 1.807) is 0 Å². The summed E-state index contributed by atoms with van der Waals surface area (Å²) in [4.78, 5) is 11.1. The van der Waals surface area contributed by atoms with Crippen LogP contribution in [0.1, 0.15) is 26.7 Å². The summed E-state index contributed by atoms with van der Waals surface area (Å²) in [6, 6.07) is 0. The molecule has 0 saturated carbocycles. The molecule has 0 spiro atoms. The van der Waals surface area contributed by atoms with Crippen LogP contribution in [-0.4, -0.2) is 72.2 Å². The second-order valence-electron chi connectivity index (χ2n) is 4.33. The second-order valence-corrected chi connectivity index (χ2v) is 4.33. The summed E-state index contributed by atoms with van der Waals surface area (Å²) in [7, 11) is 0. The Hall–Kier alpha value is -0.890. The third kappa shape index (κ3) is 17.2. The van der Waals surface area contributed by atoms with E-state index in [4.69, 9.17) is 28.4 Å². The highest BCUT2D eigenvalue weighted by Gasteiger charge is 2.02. The fourth-order valence-corrected chi connectivity index (χ4v) is 1.34. The van der Waals surface area contributed by atoms with E-state index in [0.717, 1.165) is 19.4 Å². The van der Waals surface area contributed by atoms with Crippen molar-refractivity contribution in [3.8, 4) is 0 Å². The van der Waals surface area contributed by atoms with Gasteiger partial charge in [0.1, 0.15) is 13.2 Å². The van der Waals surface area contributed by atoms with Gasteiger partial charge in [-0.15, -0.1) is 0 Å². The maximum absolute atomic E-state index is 11.1. The molecule has 0 N–H and O–H groups in total. The predicted molar refractivity (Wildman–Crippen MR) is 81.2 cm³/mol. The van der Waals surface area contributed by atoms with Crippen molar-refractivity contribution < 1.29 is 33.2 Å². The largest absolute Gasteiger partial charge is 0.508 e. The molecule has 0 heterocycles. The summed E-state index contributed by atoms with van der Waals surface area (Å²) in [6.07, 6.45) is 1.51. The Morgan fingerprint density at radius 3 is 1.59 bits per heavy atom. The van der Waals surface area contributed by atoms with Gasteiger partial charge in [0.2, 0.25) is 0 Å². The molecule has 0 amide bonds. The predicted octanol–water partition coefficient (Wildman–Crippen LogP) is 2.03. The molecular formula is C15H30O7. The van der Waals surface area contributed by atoms with Crippen LogP contribution in [-0.2, 0) is 28.4 Å². The second kappa shape index (κ2) is 18.2. The fraction of sp³-hybridized carbons (Fsp3) is 0.933. The Morgan fingerprint density at radius 2 is 1.09 bits per heavy atom. The van der Waals surface area contributed by atoms with Crippen LogP contribution in [0.25, 0.3) is 0 Å². The Morgan fingerprint density at radius 1 is 0.636 bits per heavy atom. The number of carbonyl (C=O) groups is 1. The minimum Gasteiger partial charge on any atom is -0.432 e. The van der Waals surface area contributed by atoms with Crippen molar-refractivity contribution >= 4 is 6.16 Å². The first kappa shape index (κ1) is 21.1. The fourth-order valence-electron chi connectivity index (χ4n) is 1.34. The molecule has 0 aromatic carbocycles. The minimum absolute atomic E-state index is 0.160. The molecule has 0 aromatic heterocycles. The summed E-state index contributed by atoms with van der Waals surface area (Å²) in [5, 5.41) is 0. The molecular weight excluding hydrogens is 292 g/mol. The zero-order valence-electron chi connectivity index (χ0n) is 13.8. The van der Waals surface area contributed by atoms with Gasteiger partial charge in [-0.2, -0.15) is 0 Å². The third-order valence-electron chi connectivity index (χ3n) is 2.49. The van der Waals surface area contributed by atoms with Gasteiger partial charge in [0.05, 0.1) is 39.6 Å². The topological polar surface area (TPSA) is 72.5 Å². The van der Waals surface area contributed by atoms with Crippen molar-refractivity contribution in [2.75, 3.05) is 66.1 Å². The van der Waals surface area contributed by atoms with Gasteiger partial charge in [-0.1, -0.05) is 13.3 Å². The van der Waals surface area contributed by atoms with Gasteiger partial charge >= 0.3 is 6.16 Å². The molecule has 0 radical (unpaired) electrons. The monoisotopic (exact) mass is 322 g/mol. The van der Waals surface area contributed by atoms with Gasteiger partial charge in [-0.3, -0.25) is 0 Å². The zero-order valence-corrected chi connectivity index (χ0v) is 13.8. The number of carbonyl (C=O) groups excluding carboxylic acids is 1. The molecule has 0 rings (SSSR count). The van der Waals surface area contributed by atoms with Crippen LogP contribution in [0.4, 0.5) is 4.79 Å². The number of ether oxygens (including phenoxy) is 6. The highest BCUT2D eigenvalue weighted by atomic mass is 16.7. The number of rotatable bonds is 16. The average molecular weight is 322 g/mol. The first-order valence-corrected chi connectivity index (χ1v) is 7.91. The average Bonchev–Trinajstić information content (AvgIpc) is 2.52.